The van der Waals surface area contributed by atoms with Crippen LogP contribution in [0, 0.1) is 6.92 Å². The fourth-order valence-corrected chi connectivity index (χ4v) is 4.33. The van der Waals surface area contributed by atoms with Gasteiger partial charge in [0, 0.05) is 30.3 Å². The highest BCUT2D eigenvalue weighted by atomic mass is 16.5. The molecule has 0 spiro atoms. The number of amides is 1. The van der Waals surface area contributed by atoms with Gasteiger partial charge in [0.25, 0.3) is 5.91 Å². The van der Waals surface area contributed by atoms with Crippen molar-refractivity contribution in [2.45, 2.75) is 25.3 Å². The molecular formula is C23H26N2O2. The Bertz CT molecular complexity index is 872. The van der Waals surface area contributed by atoms with Crippen LogP contribution in [0.15, 0.2) is 48.5 Å². The largest absolute Gasteiger partial charge is 0.497 e. The molecule has 1 saturated heterocycles. The molecule has 0 aromatic heterocycles. The first-order valence-electron chi connectivity index (χ1n) is 9.51. The summed E-state index contributed by atoms with van der Waals surface area (Å²) in [5.41, 5.74) is 4.64. The predicted molar refractivity (Wildman–Crippen MR) is 109 cm³/mol. The van der Waals surface area contributed by atoms with Crippen LogP contribution in [0.4, 0.5) is 5.69 Å². The fourth-order valence-electron chi connectivity index (χ4n) is 4.33. The molecule has 1 fully saturated rings. The second-order valence-corrected chi connectivity index (χ2v) is 7.60. The maximum Gasteiger partial charge on any atom is 0.251 e. The van der Waals surface area contributed by atoms with Crippen molar-refractivity contribution >= 4 is 17.7 Å². The second-order valence-electron chi connectivity index (χ2n) is 7.60. The maximum atomic E-state index is 13.1. The smallest absolute Gasteiger partial charge is 0.251 e. The van der Waals surface area contributed by atoms with Crippen LogP contribution >= 0.6 is 0 Å². The zero-order chi connectivity index (χ0) is 19.0. The molecule has 2 unspecified atom stereocenters. The number of piperidine rings is 1. The van der Waals surface area contributed by atoms with Crippen molar-refractivity contribution in [2.75, 3.05) is 32.1 Å². The molecule has 0 bridgehead atoms. The number of carbonyl (C=O) groups excluding carboxylic acids is 1. The van der Waals surface area contributed by atoms with E-state index in [0.29, 0.717) is 5.92 Å². The Morgan fingerprint density at radius 2 is 1.96 bits per heavy atom. The van der Waals surface area contributed by atoms with E-state index in [-0.39, 0.29) is 11.9 Å². The van der Waals surface area contributed by atoms with E-state index in [9.17, 15) is 4.79 Å². The van der Waals surface area contributed by atoms with E-state index >= 15 is 0 Å². The van der Waals surface area contributed by atoms with Gasteiger partial charge in [0.05, 0.1) is 7.11 Å². The van der Waals surface area contributed by atoms with Gasteiger partial charge in [-0.05, 0) is 62.3 Å². The van der Waals surface area contributed by atoms with Gasteiger partial charge in [-0.15, -0.1) is 0 Å². The summed E-state index contributed by atoms with van der Waals surface area (Å²) in [4.78, 5) is 17.5. The quantitative estimate of drug-likeness (QED) is 0.778. The molecule has 2 heterocycles. The van der Waals surface area contributed by atoms with Crippen LogP contribution in [0.1, 0.15) is 29.0 Å². The monoisotopic (exact) mass is 362 g/mol. The van der Waals surface area contributed by atoms with Crippen molar-refractivity contribution < 1.29 is 9.53 Å². The molecular weight excluding hydrogens is 336 g/mol. The summed E-state index contributed by atoms with van der Waals surface area (Å²) in [5, 5.41) is 0. The third-order valence-electron chi connectivity index (χ3n) is 5.72. The van der Waals surface area contributed by atoms with E-state index in [0.717, 1.165) is 36.5 Å². The first kappa shape index (κ1) is 17.8. The number of likely N-dealkylation sites (tertiary alicyclic amines) is 1. The van der Waals surface area contributed by atoms with Gasteiger partial charge in [0.1, 0.15) is 5.75 Å². The van der Waals surface area contributed by atoms with E-state index in [1.807, 2.05) is 35.2 Å². The summed E-state index contributed by atoms with van der Waals surface area (Å²) < 4.78 is 5.19. The minimum absolute atomic E-state index is 0.0629. The Morgan fingerprint density at radius 1 is 1.19 bits per heavy atom. The first-order chi connectivity index (χ1) is 13.1. The first-order valence-corrected chi connectivity index (χ1v) is 9.51. The molecule has 1 amide bonds. The summed E-state index contributed by atoms with van der Waals surface area (Å²) >= 11 is 0. The third kappa shape index (κ3) is 3.37. The number of benzene rings is 2. The number of nitrogens with zero attached hydrogens (tertiary/aromatic N) is 2. The van der Waals surface area contributed by atoms with Crippen molar-refractivity contribution in [1.82, 2.24) is 4.90 Å². The van der Waals surface area contributed by atoms with Crippen molar-refractivity contribution in [3.05, 3.63) is 65.2 Å². The summed E-state index contributed by atoms with van der Waals surface area (Å²) in [6.07, 6.45) is 4.60. The third-order valence-corrected chi connectivity index (χ3v) is 5.72. The molecule has 0 aliphatic carbocycles. The van der Waals surface area contributed by atoms with E-state index < -0.39 is 0 Å². The van der Waals surface area contributed by atoms with Gasteiger partial charge < -0.3 is 14.5 Å². The molecule has 140 valence electrons. The summed E-state index contributed by atoms with van der Waals surface area (Å²) in [5.74, 6) is 1.28. The van der Waals surface area contributed by atoms with E-state index in [1.54, 1.807) is 13.2 Å². The topological polar surface area (TPSA) is 32.8 Å². The van der Waals surface area contributed by atoms with Crippen LogP contribution in [0.5, 0.6) is 5.75 Å². The summed E-state index contributed by atoms with van der Waals surface area (Å²) in [7, 11) is 3.82. The molecule has 2 aromatic carbocycles. The number of likely N-dealkylation sites (N-methyl/N-ethyl adjacent to an activating group) is 1. The van der Waals surface area contributed by atoms with Gasteiger partial charge in [-0.1, -0.05) is 29.8 Å². The van der Waals surface area contributed by atoms with Crippen LogP contribution in [0.2, 0.25) is 0 Å². The lowest BCUT2D eigenvalue weighted by atomic mass is 9.89. The van der Waals surface area contributed by atoms with Crippen molar-refractivity contribution in [3.8, 4) is 5.75 Å². The molecule has 4 nitrogen and oxygen atoms in total. The predicted octanol–water partition coefficient (Wildman–Crippen LogP) is 3.85. The average molecular weight is 362 g/mol. The van der Waals surface area contributed by atoms with Gasteiger partial charge in [0.15, 0.2) is 0 Å². The standard InChI is InChI=1S/C23H26N2O2/c1-16-4-10-21-19(14-16)20-15-24(2)13-12-22(20)25(21)23(26)11-7-17-5-8-18(27-3)9-6-17/h4-11,14,20,22H,12-13,15H2,1-3H3/b11-7+. The van der Waals surface area contributed by atoms with E-state index in [2.05, 4.69) is 37.1 Å². The molecule has 0 N–H and O–H groups in total. The Kier molecular flexibility index (Phi) is 4.75. The van der Waals surface area contributed by atoms with Gasteiger partial charge >= 0.3 is 0 Å². The molecule has 4 heteroatoms. The van der Waals surface area contributed by atoms with Gasteiger partial charge in [-0.2, -0.15) is 0 Å². The number of methoxy groups -OCH3 is 1. The van der Waals surface area contributed by atoms with Gasteiger partial charge in [0.2, 0.25) is 0 Å². The molecule has 4 rings (SSSR count). The zero-order valence-corrected chi connectivity index (χ0v) is 16.2. The van der Waals surface area contributed by atoms with E-state index in [4.69, 9.17) is 4.74 Å². The van der Waals surface area contributed by atoms with Crippen LogP contribution in [0.3, 0.4) is 0 Å². The number of ether oxygens (including phenoxy) is 1. The normalized spacial score (nSPS) is 22.0. The molecule has 2 aromatic rings. The van der Waals surface area contributed by atoms with Crippen molar-refractivity contribution in [3.63, 3.8) is 0 Å². The zero-order valence-electron chi connectivity index (χ0n) is 16.2. The second kappa shape index (κ2) is 7.20. The van der Waals surface area contributed by atoms with E-state index in [1.165, 1.54) is 11.1 Å². The molecule has 0 radical (unpaired) electrons. The minimum atomic E-state index is 0.0629. The molecule has 2 atom stereocenters. The van der Waals surface area contributed by atoms with Gasteiger partial charge in [-0.3, -0.25) is 4.79 Å². The maximum absolute atomic E-state index is 13.1. The SMILES string of the molecule is COc1ccc(/C=C/C(=O)N2c3ccc(C)cc3C3CN(C)CCC32)cc1. The Hall–Kier alpha value is -2.59. The van der Waals surface area contributed by atoms with Gasteiger partial charge in [-0.25, -0.2) is 0 Å². The van der Waals surface area contributed by atoms with Crippen molar-refractivity contribution in [1.29, 1.82) is 0 Å². The number of aryl methyl sites for hydroxylation is 1. The lowest BCUT2D eigenvalue weighted by Crippen LogP contribution is -2.46. The minimum Gasteiger partial charge on any atom is -0.497 e. The number of hydrogen-bond donors (Lipinski definition) is 0. The molecule has 27 heavy (non-hydrogen) atoms. The lowest BCUT2D eigenvalue weighted by Gasteiger charge is -2.36. The number of carbonyl (C=O) groups is 1. The number of anilines is 1. The molecule has 2 aliphatic heterocycles. The number of fused-ring (bicyclic) bond motifs is 3. The highest BCUT2D eigenvalue weighted by Gasteiger charge is 2.43. The lowest BCUT2D eigenvalue weighted by molar-refractivity contribution is -0.114. The average Bonchev–Trinajstić information content (AvgIpc) is 2.99. The Labute approximate surface area is 161 Å². The van der Waals surface area contributed by atoms with Crippen LogP contribution in [0.25, 0.3) is 6.08 Å². The highest BCUT2D eigenvalue weighted by Crippen LogP contribution is 2.45. The van der Waals surface area contributed by atoms with Crippen LogP contribution in [-0.2, 0) is 4.79 Å². The summed E-state index contributed by atoms with van der Waals surface area (Å²) in [6, 6.07) is 14.5. The Morgan fingerprint density at radius 3 is 2.70 bits per heavy atom. The highest BCUT2D eigenvalue weighted by molar-refractivity contribution is 6.06. The van der Waals surface area contributed by atoms with Crippen LogP contribution in [-0.4, -0.2) is 44.1 Å². The molecule has 0 saturated carbocycles. The number of hydrogen-bond acceptors (Lipinski definition) is 3. The fraction of sp³-hybridized carbons (Fsp3) is 0.348. The van der Waals surface area contributed by atoms with Crippen LogP contribution < -0.4 is 9.64 Å². The van der Waals surface area contributed by atoms with Crippen molar-refractivity contribution in [2.24, 2.45) is 0 Å². The molecule has 2 aliphatic rings. The summed E-state index contributed by atoms with van der Waals surface area (Å²) in [6.45, 7) is 4.16. The number of rotatable bonds is 3. The Balaban J connectivity index is 1.61.